The van der Waals surface area contributed by atoms with Crippen LogP contribution in [0.25, 0.3) is 33.2 Å². The Bertz CT molecular complexity index is 2040. The van der Waals surface area contributed by atoms with Crippen molar-refractivity contribution in [3.63, 3.8) is 0 Å². The summed E-state index contributed by atoms with van der Waals surface area (Å²) in [6.45, 7) is 11.4. The number of aromatic amines is 2. The number of esters is 1. The third kappa shape index (κ3) is 6.95. The van der Waals surface area contributed by atoms with Gasteiger partial charge in [-0.15, -0.1) is 0 Å². The molecule has 5 rings (SSSR count). The molecule has 5 heterocycles. The molecule has 2 aliphatic heterocycles. The van der Waals surface area contributed by atoms with Crippen LogP contribution in [0.4, 0.5) is 0 Å². The predicted molar refractivity (Wildman–Crippen MR) is 192 cm³/mol. The van der Waals surface area contributed by atoms with E-state index in [1.807, 2.05) is 19.1 Å². The molecule has 0 aromatic carbocycles. The van der Waals surface area contributed by atoms with Crippen LogP contribution in [-0.4, -0.2) is 79.5 Å². The lowest BCUT2D eigenvalue weighted by Gasteiger charge is -2.18. The van der Waals surface area contributed by atoms with Crippen molar-refractivity contribution >= 4 is 51.1 Å². The van der Waals surface area contributed by atoms with Crippen LogP contribution >= 0.6 is 0 Å². The summed E-state index contributed by atoms with van der Waals surface area (Å²) in [6.07, 6.45) is 0.224. The van der Waals surface area contributed by atoms with Crippen molar-refractivity contribution in [3.05, 3.63) is 68.8 Å². The van der Waals surface area contributed by atoms with E-state index in [1.165, 1.54) is 12.7 Å². The van der Waals surface area contributed by atoms with E-state index in [0.717, 1.165) is 51.6 Å². The number of carbonyl (C=O) groups excluding carboxylic acids is 2. The molecule has 266 valence electrons. The van der Waals surface area contributed by atoms with Crippen LogP contribution in [0.15, 0.2) is 18.2 Å². The molecule has 3 aromatic rings. The summed E-state index contributed by atoms with van der Waals surface area (Å²) in [4.78, 5) is 56.2. The van der Waals surface area contributed by atoms with Crippen LogP contribution in [0, 0.1) is 13.8 Å². The molecule has 12 heteroatoms. The minimum absolute atomic E-state index is 0.125. The van der Waals surface area contributed by atoms with Crippen molar-refractivity contribution in [2.75, 3.05) is 20.3 Å². The van der Waals surface area contributed by atoms with Gasteiger partial charge in [0, 0.05) is 58.1 Å². The van der Waals surface area contributed by atoms with E-state index in [-0.39, 0.29) is 43.0 Å². The summed E-state index contributed by atoms with van der Waals surface area (Å²) in [6, 6.07) is 6.02. The zero-order chi connectivity index (χ0) is 36.4. The number of fused-ring (bicyclic) bond motifs is 8. The van der Waals surface area contributed by atoms with E-state index in [2.05, 4.69) is 49.0 Å². The van der Waals surface area contributed by atoms with E-state index < -0.39 is 36.5 Å². The van der Waals surface area contributed by atoms with Crippen LogP contribution < -0.4 is 5.32 Å². The summed E-state index contributed by atoms with van der Waals surface area (Å²) < 4.78 is 5.12. The first kappa shape index (κ1) is 36.5. The summed E-state index contributed by atoms with van der Waals surface area (Å²) in [5, 5.41) is 31.8. The summed E-state index contributed by atoms with van der Waals surface area (Å²) in [5.74, 6) is -2.71. The molecular weight excluding hydrogens is 638 g/mol. The highest BCUT2D eigenvalue weighted by Crippen LogP contribution is 2.43. The van der Waals surface area contributed by atoms with Gasteiger partial charge in [-0.05, 0) is 86.1 Å². The van der Waals surface area contributed by atoms with Crippen molar-refractivity contribution in [2.24, 2.45) is 0 Å². The number of aliphatic hydroxyl groups excluding tert-OH is 2. The Labute approximate surface area is 291 Å². The smallest absolute Gasteiger partial charge is 0.310 e. The predicted octanol–water partition coefficient (Wildman–Crippen LogP) is 4.92. The number of allylic oxidation sites excluding steroid dienone is 1. The first-order valence-corrected chi connectivity index (χ1v) is 17.1. The minimum atomic E-state index is -1.17. The Morgan fingerprint density at radius 2 is 1.56 bits per heavy atom. The molecule has 50 heavy (non-hydrogen) atoms. The number of hydrogen-bond donors (Lipinski definition) is 6. The number of methoxy groups -OCH3 is 1. The highest BCUT2D eigenvalue weighted by atomic mass is 16.5. The van der Waals surface area contributed by atoms with Crippen molar-refractivity contribution in [3.8, 4) is 0 Å². The second kappa shape index (κ2) is 15.0. The first-order valence-electron chi connectivity index (χ1n) is 17.1. The van der Waals surface area contributed by atoms with E-state index in [4.69, 9.17) is 14.7 Å². The highest BCUT2D eigenvalue weighted by Gasteiger charge is 2.35. The molecule has 0 aliphatic carbocycles. The number of hydrogen-bond acceptors (Lipinski definition) is 8. The highest BCUT2D eigenvalue weighted by molar-refractivity contribution is 6.27. The van der Waals surface area contributed by atoms with Gasteiger partial charge in [-0.25, -0.2) is 4.98 Å². The van der Waals surface area contributed by atoms with Gasteiger partial charge in [-0.3, -0.25) is 19.4 Å². The number of nitrogens with one attached hydrogen (secondary N) is 3. The standard InChI is InChI=1S/C38H47N5O7/c1-8-23-18(3)27-13-29-20(5)25(10-11-33(46)47)36(42-29)26(12-34(48)50-7)37-35(38(49)39-16-22(45)17-44)21(6)30(43-37)15-32-24(9-2)19(4)28(41-32)14-31(23)40-27/h13-15,20,22,25,40-41,44-45H,8-12,16-17H2,1-7H3,(H,39,49)(H,46,47). The third-order valence-corrected chi connectivity index (χ3v) is 10.1. The monoisotopic (exact) mass is 685 g/mol. The second-order valence-corrected chi connectivity index (χ2v) is 13.1. The van der Waals surface area contributed by atoms with Gasteiger partial charge in [-0.2, -0.15) is 0 Å². The molecule has 8 bridgehead atoms. The molecule has 0 fully saturated rings. The number of carboxylic acid groups (broad SMARTS) is 1. The quantitative estimate of drug-likeness (QED) is 0.152. The molecule has 0 saturated heterocycles. The maximum absolute atomic E-state index is 13.9. The van der Waals surface area contributed by atoms with Crippen molar-refractivity contribution in [2.45, 2.75) is 91.6 Å². The number of amides is 1. The Kier molecular flexibility index (Phi) is 10.9. The number of aliphatic hydroxyl groups is 2. The zero-order valence-corrected chi connectivity index (χ0v) is 29.8. The number of aryl methyl sites for hydroxylation is 4. The van der Waals surface area contributed by atoms with Gasteiger partial charge in [-0.1, -0.05) is 20.8 Å². The van der Waals surface area contributed by atoms with Crippen LogP contribution in [-0.2, 0) is 38.4 Å². The maximum Gasteiger partial charge on any atom is 0.310 e. The maximum atomic E-state index is 13.9. The Hall–Kier alpha value is -4.81. The third-order valence-electron chi connectivity index (χ3n) is 10.1. The summed E-state index contributed by atoms with van der Waals surface area (Å²) in [5.41, 5.74) is 11.1. The second-order valence-electron chi connectivity index (χ2n) is 13.1. The first-order chi connectivity index (χ1) is 23.8. The van der Waals surface area contributed by atoms with Crippen LogP contribution in [0.5, 0.6) is 0 Å². The number of carboxylic acids is 1. The molecule has 12 nitrogen and oxygen atoms in total. The van der Waals surface area contributed by atoms with Crippen molar-refractivity contribution in [1.82, 2.24) is 25.3 Å². The van der Waals surface area contributed by atoms with Crippen molar-refractivity contribution < 1.29 is 34.4 Å². The number of aromatic nitrogens is 4. The number of carbonyl (C=O) groups is 3. The number of rotatable bonds is 11. The van der Waals surface area contributed by atoms with E-state index in [0.29, 0.717) is 28.2 Å². The topological polar surface area (TPSA) is 191 Å². The lowest BCUT2D eigenvalue weighted by molar-refractivity contribution is -0.140. The van der Waals surface area contributed by atoms with Gasteiger partial charge >= 0.3 is 11.9 Å². The van der Waals surface area contributed by atoms with Crippen LogP contribution in [0.1, 0.15) is 103 Å². The van der Waals surface area contributed by atoms with E-state index in [9.17, 15) is 29.7 Å². The lowest BCUT2D eigenvalue weighted by atomic mass is 9.84. The fourth-order valence-corrected chi connectivity index (χ4v) is 7.20. The molecule has 3 unspecified atom stereocenters. The molecule has 3 aromatic heterocycles. The van der Waals surface area contributed by atoms with E-state index in [1.54, 1.807) is 6.92 Å². The van der Waals surface area contributed by atoms with Crippen LogP contribution in [0.2, 0.25) is 0 Å². The molecule has 2 aliphatic rings. The molecule has 6 N–H and O–H groups in total. The van der Waals surface area contributed by atoms with Gasteiger partial charge in [0.2, 0.25) is 0 Å². The Morgan fingerprint density at radius 3 is 2.14 bits per heavy atom. The van der Waals surface area contributed by atoms with Gasteiger partial charge in [0.05, 0.1) is 48.9 Å². The van der Waals surface area contributed by atoms with Gasteiger partial charge in [0.15, 0.2) is 0 Å². The fourth-order valence-electron chi connectivity index (χ4n) is 7.20. The molecule has 0 spiro atoms. The largest absolute Gasteiger partial charge is 0.481 e. The van der Waals surface area contributed by atoms with E-state index >= 15 is 0 Å². The molecule has 0 saturated carbocycles. The number of nitrogens with zero attached hydrogens (tertiary/aromatic N) is 2. The Morgan fingerprint density at radius 1 is 0.940 bits per heavy atom. The number of ether oxygens (including phenoxy) is 1. The fraction of sp³-hybridized carbons (Fsp3) is 0.447. The molecule has 0 radical (unpaired) electrons. The number of aliphatic carboxylic acids is 1. The van der Waals surface area contributed by atoms with Crippen molar-refractivity contribution in [1.29, 1.82) is 0 Å². The number of H-pyrrole nitrogens is 2. The SMILES string of the molecule is CCc1c(C)c2cc3[nH]c(cc4nc(c(CC(=O)OC)c5nc(cc1[nH]2)C(C)=C5C(=O)NCC(O)CO)C(CCC(=O)O)C4C)c(C)c3CC. The average Bonchev–Trinajstić information content (AvgIpc) is 3.77. The summed E-state index contributed by atoms with van der Waals surface area (Å²) >= 11 is 0. The molecule has 1 amide bonds. The normalized spacial score (nSPS) is 16.4. The van der Waals surface area contributed by atoms with Crippen LogP contribution in [0.3, 0.4) is 0 Å². The molecule has 3 atom stereocenters. The average molecular weight is 686 g/mol. The molecular formula is C38H47N5O7. The van der Waals surface area contributed by atoms with Gasteiger partial charge < -0.3 is 35.3 Å². The van der Waals surface area contributed by atoms with Gasteiger partial charge in [0.1, 0.15) is 0 Å². The zero-order valence-electron chi connectivity index (χ0n) is 29.8. The Balaban J connectivity index is 1.98. The van der Waals surface area contributed by atoms with Gasteiger partial charge in [0.25, 0.3) is 5.91 Å². The minimum Gasteiger partial charge on any atom is -0.481 e. The lowest BCUT2D eigenvalue weighted by Crippen LogP contribution is -2.34. The summed E-state index contributed by atoms with van der Waals surface area (Å²) in [7, 11) is 1.28.